The quantitative estimate of drug-likeness (QED) is 0.692. The third-order valence-corrected chi connectivity index (χ3v) is 6.72. The summed E-state index contributed by atoms with van der Waals surface area (Å²) in [4.78, 5) is 0.386. The van der Waals surface area contributed by atoms with E-state index < -0.39 is 10.0 Å². The molecule has 0 aliphatic carbocycles. The number of rotatable bonds is 8. The van der Waals surface area contributed by atoms with Crippen molar-refractivity contribution in [3.05, 3.63) is 29.8 Å². The SMILES string of the molecule is CCC(C)c1ccc(S(=O)(=O)N2CCC(OCCCN)CC2)cc1.Cl. The van der Waals surface area contributed by atoms with Crippen LogP contribution in [0.15, 0.2) is 29.2 Å². The van der Waals surface area contributed by atoms with Crippen molar-refractivity contribution in [3.8, 4) is 0 Å². The summed E-state index contributed by atoms with van der Waals surface area (Å²) in [6, 6.07) is 7.34. The zero-order valence-electron chi connectivity index (χ0n) is 15.2. The number of sulfonamides is 1. The fourth-order valence-electron chi connectivity index (χ4n) is 2.93. The summed E-state index contributed by atoms with van der Waals surface area (Å²) in [6.45, 7) is 6.60. The Morgan fingerprint density at radius 1 is 1.24 bits per heavy atom. The average Bonchev–Trinajstić information content (AvgIpc) is 2.62. The molecule has 0 amide bonds. The first-order valence-corrected chi connectivity index (χ1v) is 10.3. The molecule has 1 aliphatic rings. The molecular formula is C18H31ClN2O3S. The summed E-state index contributed by atoms with van der Waals surface area (Å²) >= 11 is 0. The van der Waals surface area contributed by atoms with Gasteiger partial charge in [-0.3, -0.25) is 0 Å². The van der Waals surface area contributed by atoms with Crippen molar-refractivity contribution in [2.75, 3.05) is 26.2 Å². The zero-order chi connectivity index (χ0) is 17.6. The van der Waals surface area contributed by atoms with E-state index in [-0.39, 0.29) is 18.5 Å². The summed E-state index contributed by atoms with van der Waals surface area (Å²) in [5.74, 6) is 0.447. The minimum atomic E-state index is -3.40. The predicted octanol–water partition coefficient (Wildman–Crippen LogP) is 3.14. The number of benzene rings is 1. The molecular weight excluding hydrogens is 360 g/mol. The highest BCUT2D eigenvalue weighted by atomic mass is 35.5. The van der Waals surface area contributed by atoms with E-state index in [9.17, 15) is 8.42 Å². The van der Waals surface area contributed by atoms with E-state index in [2.05, 4.69) is 13.8 Å². The van der Waals surface area contributed by atoms with E-state index in [4.69, 9.17) is 10.5 Å². The molecule has 1 heterocycles. The second-order valence-electron chi connectivity index (χ2n) is 6.49. The first-order chi connectivity index (χ1) is 11.5. The summed E-state index contributed by atoms with van der Waals surface area (Å²) in [5.41, 5.74) is 6.64. The lowest BCUT2D eigenvalue weighted by Crippen LogP contribution is -2.41. The third kappa shape index (κ3) is 5.93. The van der Waals surface area contributed by atoms with E-state index in [0.717, 1.165) is 25.7 Å². The van der Waals surface area contributed by atoms with Gasteiger partial charge in [0, 0.05) is 19.7 Å². The Bertz CT molecular complexity index is 599. The number of halogens is 1. The summed E-state index contributed by atoms with van der Waals surface area (Å²) in [5, 5.41) is 0. The van der Waals surface area contributed by atoms with Gasteiger partial charge < -0.3 is 10.5 Å². The van der Waals surface area contributed by atoms with Crippen molar-refractivity contribution in [2.45, 2.75) is 56.4 Å². The van der Waals surface area contributed by atoms with Gasteiger partial charge in [-0.1, -0.05) is 26.0 Å². The lowest BCUT2D eigenvalue weighted by molar-refractivity contribution is 0.0209. The highest BCUT2D eigenvalue weighted by molar-refractivity contribution is 7.89. The van der Waals surface area contributed by atoms with E-state index in [1.165, 1.54) is 5.56 Å². The Labute approximate surface area is 158 Å². The number of hydrogen-bond acceptors (Lipinski definition) is 4. The number of ether oxygens (including phenoxy) is 1. The molecule has 1 unspecified atom stereocenters. The minimum absolute atomic E-state index is 0. The fourth-order valence-corrected chi connectivity index (χ4v) is 4.40. The van der Waals surface area contributed by atoms with Gasteiger partial charge in [0.1, 0.15) is 0 Å². The van der Waals surface area contributed by atoms with E-state index in [1.54, 1.807) is 16.4 Å². The van der Waals surface area contributed by atoms with E-state index in [0.29, 0.717) is 37.1 Å². The second-order valence-corrected chi connectivity index (χ2v) is 8.43. The maximum Gasteiger partial charge on any atom is 0.243 e. The molecule has 2 rings (SSSR count). The molecule has 1 saturated heterocycles. The summed E-state index contributed by atoms with van der Waals surface area (Å²) in [6.07, 6.45) is 3.53. The van der Waals surface area contributed by atoms with E-state index >= 15 is 0 Å². The van der Waals surface area contributed by atoms with Crippen LogP contribution in [0.25, 0.3) is 0 Å². The first-order valence-electron chi connectivity index (χ1n) is 8.90. The minimum Gasteiger partial charge on any atom is -0.378 e. The predicted molar refractivity (Wildman–Crippen MR) is 104 cm³/mol. The van der Waals surface area contributed by atoms with Crippen molar-refractivity contribution < 1.29 is 13.2 Å². The van der Waals surface area contributed by atoms with Crippen molar-refractivity contribution in [1.29, 1.82) is 0 Å². The molecule has 25 heavy (non-hydrogen) atoms. The molecule has 1 aromatic rings. The smallest absolute Gasteiger partial charge is 0.243 e. The molecule has 0 bridgehead atoms. The van der Waals surface area contributed by atoms with Crippen LogP contribution in [0.3, 0.4) is 0 Å². The van der Waals surface area contributed by atoms with Crippen LogP contribution in [0, 0.1) is 0 Å². The number of nitrogens with two attached hydrogens (primary N) is 1. The molecule has 1 aliphatic heterocycles. The molecule has 144 valence electrons. The molecule has 0 spiro atoms. The van der Waals surface area contributed by atoms with Gasteiger partial charge in [0.25, 0.3) is 0 Å². The molecule has 5 nitrogen and oxygen atoms in total. The molecule has 0 saturated carbocycles. The van der Waals surface area contributed by atoms with Crippen LogP contribution in [0.2, 0.25) is 0 Å². The number of nitrogens with zero attached hydrogens (tertiary/aromatic N) is 1. The van der Waals surface area contributed by atoms with Crippen molar-refractivity contribution >= 4 is 22.4 Å². The molecule has 1 atom stereocenters. The normalized spacial score (nSPS) is 17.9. The van der Waals surface area contributed by atoms with Crippen LogP contribution >= 0.6 is 12.4 Å². The Balaban J connectivity index is 0.00000312. The average molecular weight is 391 g/mol. The Morgan fingerprint density at radius 2 is 1.84 bits per heavy atom. The lowest BCUT2D eigenvalue weighted by atomic mass is 9.99. The van der Waals surface area contributed by atoms with Crippen LogP contribution < -0.4 is 5.73 Å². The van der Waals surface area contributed by atoms with Gasteiger partial charge in [0.2, 0.25) is 10.0 Å². The van der Waals surface area contributed by atoms with Gasteiger partial charge in [0.05, 0.1) is 11.0 Å². The Morgan fingerprint density at radius 3 is 2.36 bits per heavy atom. The van der Waals surface area contributed by atoms with Gasteiger partial charge in [-0.05, 0) is 55.8 Å². The fraction of sp³-hybridized carbons (Fsp3) is 0.667. The van der Waals surface area contributed by atoms with E-state index in [1.807, 2.05) is 12.1 Å². The van der Waals surface area contributed by atoms with Gasteiger partial charge >= 0.3 is 0 Å². The number of piperidine rings is 1. The van der Waals surface area contributed by atoms with Crippen LogP contribution in [0.1, 0.15) is 51.0 Å². The third-order valence-electron chi connectivity index (χ3n) is 4.80. The number of hydrogen-bond donors (Lipinski definition) is 1. The highest BCUT2D eigenvalue weighted by Gasteiger charge is 2.29. The van der Waals surface area contributed by atoms with Crippen molar-refractivity contribution in [1.82, 2.24) is 4.31 Å². The molecule has 2 N–H and O–H groups in total. The Hall–Kier alpha value is -0.660. The van der Waals surface area contributed by atoms with Gasteiger partial charge in [-0.2, -0.15) is 4.31 Å². The topological polar surface area (TPSA) is 72.6 Å². The Kier molecular flexibility index (Phi) is 9.38. The van der Waals surface area contributed by atoms with Gasteiger partial charge in [0.15, 0.2) is 0 Å². The molecule has 0 radical (unpaired) electrons. The maximum atomic E-state index is 12.8. The van der Waals surface area contributed by atoms with Crippen LogP contribution in [0.5, 0.6) is 0 Å². The summed E-state index contributed by atoms with van der Waals surface area (Å²) in [7, 11) is -3.40. The van der Waals surface area contributed by atoms with Gasteiger partial charge in [-0.15, -0.1) is 12.4 Å². The first kappa shape index (κ1) is 22.4. The van der Waals surface area contributed by atoms with Crippen LogP contribution in [0.4, 0.5) is 0 Å². The molecule has 1 aromatic carbocycles. The monoisotopic (exact) mass is 390 g/mol. The van der Waals surface area contributed by atoms with Gasteiger partial charge in [-0.25, -0.2) is 8.42 Å². The highest BCUT2D eigenvalue weighted by Crippen LogP contribution is 2.25. The van der Waals surface area contributed by atoms with Crippen molar-refractivity contribution in [2.24, 2.45) is 5.73 Å². The lowest BCUT2D eigenvalue weighted by Gasteiger charge is -2.31. The molecule has 1 fully saturated rings. The van der Waals surface area contributed by atoms with Crippen LogP contribution in [-0.2, 0) is 14.8 Å². The molecule has 0 aromatic heterocycles. The maximum absolute atomic E-state index is 12.8. The summed E-state index contributed by atoms with van der Waals surface area (Å²) < 4.78 is 32.9. The van der Waals surface area contributed by atoms with Crippen molar-refractivity contribution in [3.63, 3.8) is 0 Å². The zero-order valence-corrected chi connectivity index (χ0v) is 16.8. The second kappa shape index (κ2) is 10.5. The largest absolute Gasteiger partial charge is 0.378 e. The van der Waals surface area contributed by atoms with Crippen LogP contribution in [-0.4, -0.2) is 45.1 Å². The molecule has 7 heteroatoms. The standard InChI is InChI=1S/C18H30N2O3S.ClH/c1-3-15(2)16-5-7-18(8-6-16)24(21,22)20-12-9-17(10-13-20)23-14-4-11-19;/h5-8,15,17H,3-4,9-14,19H2,1-2H3;1H.